The van der Waals surface area contributed by atoms with Crippen molar-refractivity contribution in [2.75, 3.05) is 19.7 Å². The third kappa shape index (κ3) is 5.76. The largest absolute Gasteiger partial charge is 0.481 e. The van der Waals surface area contributed by atoms with E-state index in [0.717, 1.165) is 24.0 Å². The van der Waals surface area contributed by atoms with Crippen LogP contribution in [0.5, 0.6) is 0 Å². The molecule has 2 aliphatic carbocycles. The van der Waals surface area contributed by atoms with Gasteiger partial charge in [-0.05, 0) is 41.0 Å². The Morgan fingerprint density at radius 3 is 2.21 bits per heavy atom. The maximum Gasteiger partial charge on any atom is 0.407 e. The maximum atomic E-state index is 12.7. The first kappa shape index (κ1) is 23.8. The van der Waals surface area contributed by atoms with Crippen LogP contribution in [0.15, 0.2) is 48.5 Å². The first-order valence-electron chi connectivity index (χ1n) is 12.0. The van der Waals surface area contributed by atoms with Crippen LogP contribution in [0.2, 0.25) is 0 Å². The summed E-state index contributed by atoms with van der Waals surface area (Å²) in [5.74, 6) is -1.39. The number of alkyl carbamates (subject to hydrolysis) is 1. The number of carbonyl (C=O) groups excluding carboxylic acids is 2. The van der Waals surface area contributed by atoms with Crippen molar-refractivity contribution in [2.24, 2.45) is 17.8 Å². The smallest absolute Gasteiger partial charge is 0.407 e. The topological polar surface area (TPSA) is 105 Å². The molecular weight excluding hydrogens is 432 g/mol. The van der Waals surface area contributed by atoms with E-state index < -0.39 is 18.0 Å². The average molecular weight is 465 g/mol. The SMILES string of the molecule is CC(CCNC(=O)C(CNC(=O)OCC1c2ccccc2-c2ccccc21)CC1CC1)C(=O)O. The summed E-state index contributed by atoms with van der Waals surface area (Å²) >= 11 is 0. The molecule has 0 aliphatic heterocycles. The first-order chi connectivity index (χ1) is 16.4. The van der Waals surface area contributed by atoms with Gasteiger partial charge in [0.1, 0.15) is 6.61 Å². The maximum absolute atomic E-state index is 12.7. The lowest BCUT2D eigenvalue weighted by Gasteiger charge is -2.19. The summed E-state index contributed by atoms with van der Waals surface area (Å²) in [6.45, 7) is 2.35. The first-order valence-corrected chi connectivity index (χ1v) is 12.0. The lowest BCUT2D eigenvalue weighted by Crippen LogP contribution is -2.40. The Labute approximate surface area is 199 Å². The summed E-state index contributed by atoms with van der Waals surface area (Å²) in [6.07, 6.45) is 2.76. The van der Waals surface area contributed by atoms with Crippen LogP contribution in [0, 0.1) is 17.8 Å². The Bertz CT molecular complexity index is 1000. The van der Waals surface area contributed by atoms with Gasteiger partial charge in [0.15, 0.2) is 0 Å². The fraction of sp³-hybridized carbons (Fsp3) is 0.444. The lowest BCUT2D eigenvalue weighted by atomic mass is 9.98. The molecule has 1 saturated carbocycles. The second-order valence-corrected chi connectivity index (χ2v) is 9.40. The van der Waals surface area contributed by atoms with Crippen molar-refractivity contribution < 1.29 is 24.2 Å². The minimum Gasteiger partial charge on any atom is -0.481 e. The van der Waals surface area contributed by atoms with E-state index >= 15 is 0 Å². The quantitative estimate of drug-likeness (QED) is 0.463. The number of hydrogen-bond donors (Lipinski definition) is 3. The van der Waals surface area contributed by atoms with E-state index in [1.165, 1.54) is 11.1 Å². The highest BCUT2D eigenvalue weighted by molar-refractivity contribution is 5.80. The van der Waals surface area contributed by atoms with Crippen molar-refractivity contribution in [2.45, 2.75) is 38.5 Å². The number of benzene rings is 2. The van der Waals surface area contributed by atoms with Gasteiger partial charge in [0.05, 0.1) is 11.8 Å². The van der Waals surface area contributed by atoms with E-state index in [1.54, 1.807) is 6.92 Å². The monoisotopic (exact) mass is 464 g/mol. The lowest BCUT2D eigenvalue weighted by molar-refractivity contribution is -0.141. The van der Waals surface area contributed by atoms with Gasteiger partial charge in [0.2, 0.25) is 5.91 Å². The van der Waals surface area contributed by atoms with Gasteiger partial charge in [-0.3, -0.25) is 9.59 Å². The zero-order valence-electron chi connectivity index (χ0n) is 19.5. The van der Waals surface area contributed by atoms with E-state index in [0.29, 0.717) is 25.3 Å². The standard InChI is InChI=1S/C27H32N2O5/c1-17(26(31)32)12-13-28-25(30)19(14-18-10-11-18)15-29-27(33)34-16-24-22-8-4-2-6-20(22)21-7-3-5-9-23(21)24/h2-9,17-19,24H,10-16H2,1H3,(H,28,30)(H,29,33)(H,31,32). The number of aliphatic carboxylic acids is 1. The zero-order valence-corrected chi connectivity index (χ0v) is 19.5. The zero-order chi connectivity index (χ0) is 24.1. The number of amides is 2. The van der Waals surface area contributed by atoms with Gasteiger partial charge in [-0.1, -0.05) is 68.3 Å². The highest BCUT2D eigenvalue weighted by Crippen LogP contribution is 2.44. The van der Waals surface area contributed by atoms with E-state index in [9.17, 15) is 14.4 Å². The van der Waals surface area contributed by atoms with Crippen LogP contribution in [0.4, 0.5) is 4.79 Å². The third-order valence-electron chi connectivity index (χ3n) is 6.82. The molecule has 0 radical (unpaired) electrons. The van der Waals surface area contributed by atoms with Gasteiger partial charge >= 0.3 is 12.1 Å². The number of carboxylic acids is 1. The highest BCUT2D eigenvalue weighted by Gasteiger charge is 2.31. The average Bonchev–Trinajstić information content (AvgIpc) is 3.60. The molecule has 2 aromatic rings. The Morgan fingerprint density at radius 2 is 1.62 bits per heavy atom. The third-order valence-corrected chi connectivity index (χ3v) is 6.82. The molecule has 0 bridgehead atoms. The molecule has 1 fully saturated rings. The molecule has 180 valence electrons. The number of ether oxygens (including phenoxy) is 1. The molecule has 3 N–H and O–H groups in total. The van der Waals surface area contributed by atoms with Crippen LogP contribution in [0.25, 0.3) is 11.1 Å². The van der Waals surface area contributed by atoms with Crippen LogP contribution in [0.1, 0.15) is 49.7 Å². The Kier molecular flexibility index (Phi) is 7.50. The van der Waals surface area contributed by atoms with Crippen molar-refractivity contribution in [3.05, 3.63) is 59.7 Å². The van der Waals surface area contributed by atoms with Crippen molar-refractivity contribution >= 4 is 18.0 Å². The predicted octanol–water partition coefficient (Wildman–Crippen LogP) is 4.17. The van der Waals surface area contributed by atoms with E-state index in [4.69, 9.17) is 9.84 Å². The molecule has 7 heteroatoms. The molecule has 0 spiro atoms. The predicted molar refractivity (Wildman–Crippen MR) is 128 cm³/mol. The van der Waals surface area contributed by atoms with Crippen LogP contribution in [-0.2, 0) is 14.3 Å². The van der Waals surface area contributed by atoms with Crippen LogP contribution in [0.3, 0.4) is 0 Å². The fourth-order valence-electron chi connectivity index (χ4n) is 4.57. The van der Waals surface area contributed by atoms with Crippen LogP contribution in [-0.4, -0.2) is 42.8 Å². The summed E-state index contributed by atoms with van der Waals surface area (Å²) in [4.78, 5) is 36.1. The highest BCUT2D eigenvalue weighted by atomic mass is 16.5. The molecule has 0 aromatic heterocycles. The number of carboxylic acid groups (broad SMARTS) is 1. The molecular formula is C27H32N2O5. The Balaban J connectivity index is 1.29. The van der Waals surface area contributed by atoms with Crippen LogP contribution < -0.4 is 10.6 Å². The molecule has 34 heavy (non-hydrogen) atoms. The second-order valence-electron chi connectivity index (χ2n) is 9.40. The molecule has 2 unspecified atom stereocenters. The normalized spacial score (nSPS) is 16.1. The van der Waals surface area contributed by atoms with Gasteiger partial charge in [0, 0.05) is 19.0 Å². The summed E-state index contributed by atoms with van der Waals surface area (Å²) in [5.41, 5.74) is 4.65. The minimum atomic E-state index is -0.874. The number of fused-ring (bicyclic) bond motifs is 3. The molecule has 2 amide bonds. The second kappa shape index (κ2) is 10.7. The molecule has 2 aromatic carbocycles. The number of carbonyl (C=O) groups is 3. The van der Waals surface area contributed by atoms with Gasteiger partial charge in [-0.2, -0.15) is 0 Å². The number of nitrogens with one attached hydrogen (secondary N) is 2. The van der Waals surface area contributed by atoms with Gasteiger partial charge in [-0.15, -0.1) is 0 Å². The molecule has 0 saturated heterocycles. The van der Waals surface area contributed by atoms with E-state index in [2.05, 4.69) is 34.9 Å². The van der Waals surface area contributed by atoms with Crippen molar-refractivity contribution in [1.29, 1.82) is 0 Å². The Morgan fingerprint density at radius 1 is 1.00 bits per heavy atom. The van der Waals surface area contributed by atoms with Gasteiger partial charge in [0.25, 0.3) is 0 Å². The van der Waals surface area contributed by atoms with Crippen molar-refractivity contribution in [3.63, 3.8) is 0 Å². The Hall–Kier alpha value is -3.35. The minimum absolute atomic E-state index is 0.0139. The molecule has 0 heterocycles. The fourth-order valence-corrected chi connectivity index (χ4v) is 4.57. The number of hydrogen-bond acceptors (Lipinski definition) is 4. The summed E-state index contributed by atoms with van der Waals surface area (Å²) in [7, 11) is 0. The molecule has 2 atom stereocenters. The van der Waals surface area contributed by atoms with E-state index in [-0.39, 0.29) is 30.9 Å². The van der Waals surface area contributed by atoms with Gasteiger partial charge < -0.3 is 20.5 Å². The summed E-state index contributed by atoms with van der Waals surface area (Å²) in [6, 6.07) is 16.3. The van der Waals surface area contributed by atoms with Crippen molar-refractivity contribution in [3.8, 4) is 11.1 Å². The molecule has 2 aliphatic rings. The van der Waals surface area contributed by atoms with Crippen molar-refractivity contribution in [1.82, 2.24) is 10.6 Å². The van der Waals surface area contributed by atoms with Gasteiger partial charge in [-0.25, -0.2) is 4.79 Å². The van der Waals surface area contributed by atoms with E-state index in [1.807, 2.05) is 24.3 Å². The van der Waals surface area contributed by atoms with Crippen LogP contribution >= 0.6 is 0 Å². The summed E-state index contributed by atoms with van der Waals surface area (Å²) in [5, 5.41) is 14.6. The summed E-state index contributed by atoms with van der Waals surface area (Å²) < 4.78 is 5.58. The number of rotatable bonds is 11. The molecule has 4 rings (SSSR count). The molecule has 7 nitrogen and oxygen atoms in total.